The molecule has 0 bridgehead atoms. The Morgan fingerprint density at radius 3 is 2.71 bits per heavy atom. The van der Waals surface area contributed by atoms with Gasteiger partial charge in [0, 0.05) is 45.4 Å². The molecule has 1 atom stereocenters. The number of hydrogen-bond donors (Lipinski definition) is 2. The van der Waals surface area contributed by atoms with Crippen LogP contribution in [0.25, 0.3) is 0 Å². The zero-order valence-electron chi connectivity index (χ0n) is 17.8. The van der Waals surface area contributed by atoms with Gasteiger partial charge in [0.1, 0.15) is 6.10 Å². The third-order valence-corrected chi connectivity index (χ3v) is 4.15. The van der Waals surface area contributed by atoms with E-state index in [4.69, 9.17) is 10.1 Å². The van der Waals surface area contributed by atoms with Crippen LogP contribution in [0.4, 0.5) is 0 Å². The molecule has 0 fully saturated rings. The highest BCUT2D eigenvalue weighted by atomic mass is 16.5. The summed E-state index contributed by atoms with van der Waals surface area (Å²) in [5.41, 5.74) is 4.71. The minimum Gasteiger partial charge on any atom is -0.460 e. The molecule has 0 aliphatic heterocycles. The van der Waals surface area contributed by atoms with Gasteiger partial charge in [0.05, 0.1) is 18.3 Å². The Bertz CT molecular complexity index is 1010. The Hall–Kier alpha value is -3.99. The summed E-state index contributed by atoms with van der Waals surface area (Å²) in [6.45, 7) is 1.59. The van der Waals surface area contributed by atoms with Crippen molar-refractivity contribution in [2.45, 2.75) is 19.4 Å². The van der Waals surface area contributed by atoms with Crippen LogP contribution in [0.2, 0.25) is 0 Å². The third-order valence-electron chi connectivity index (χ3n) is 4.15. The van der Waals surface area contributed by atoms with Crippen LogP contribution in [0.1, 0.15) is 28.4 Å². The summed E-state index contributed by atoms with van der Waals surface area (Å²) in [4.78, 5) is 30.0. The molecular weight excluding hydrogens is 394 g/mol. The summed E-state index contributed by atoms with van der Waals surface area (Å²) >= 11 is 0. The number of rotatable bonds is 8. The Morgan fingerprint density at radius 2 is 2.06 bits per heavy atom. The third kappa shape index (κ3) is 7.74. The predicted octanol–water partition coefficient (Wildman–Crippen LogP) is 1.90. The molecule has 1 aromatic carbocycles. The van der Waals surface area contributed by atoms with Gasteiger partial charge in [0.15, 0.2) is 5.71 Å². The lowest BCUT2D eigenvalue weighted by Gasteiger charge is -2.24. The van der Waals surface area contributed by atoms with Crippen LogP contribution in [-0.4, -0.2) is 60.4 Å². The molecule has 1 heterocycles. The van der Waals surface area contributed by atoms with Crippen molar-refractivity contribution < 1.29 is 14.3 Å². The van der Waals surface area contributed by atoms with Crippen molar-refractivity contribution in [1.29, 1.82) is 5.41 Å². The number of aromatic nitrogens is 1. The maximum Gasteiger partial charge on any atom is 0.302 e. The van der Waals surface area contributed by atoms with Gasteiger partial charge in [-0.1, -0.05) is 36.3 Å². The monoisotopic (exact) mass is 419 g/mol. The first-order valence-corrected chi connectivity index (χ1v) is 9.61. The van der Waals surface area contributed by atoms with Gasteiger partial charge in [-0.05, 0) is 17.6 Å². The van der Waals surface area contributed by atoms with Crippen molar-refractivity contribution in [3.05, 3.63) is 65.5 Å². The first-order valence-electron chi connectivity index (χ1n) is 9.61. The van der Waals surface area contributed by atoms with Gasteiger partial charge in [-0.25, -0.2) is 0 Å². The number of ether oxygens (including phenoxy) is 1. The van der Waals surface area contributed by atoms with E-state index in [9.17, 15) is 9.59 Å². The van der Waals surface area contributed by atoms with Crippen LogP contribution in [0.3, 0.4) is 0 Å². The van der Waals surface area contributed by atoms with Gasteiger partial charge in [0.2, 0.25) is 0 Å². The van der Waals surface area contributed by atoms with E-state index in [1.807, 2.05) is 30.3 Å². The molecule has 0 aliphatic rings. The van der Waals surface area contributed by atoms with Crippen molar-refractivity contribution in [3.63, 3.8) is 0 Å². The van der Waals surface area contributed by atoms with Gasteiger partial charge in [-0.2, -0.15) is 5.10 Å². The maximum absolute atomic E-state index is 12.9. The molecule has 2 aromatic rings. The minimum atomic E-state index is -0.474. The largest absolute Gasteiger partial charge is 0.460 e. The fraction of sp³-hybridized carbons (Fsp3) is 0.261. The summed E-state index contributed by atoms with van der Waals surface area (Å²) in [5, 5.41) is 11.1. The Balaban J connectivity index is 2.13. The molecular formula is C23H25N5O3. The van der Waals surface area contributed by atoms with E-state index in [1.54, 1.807) is 20.2 Å². The molecule has 2 rings (SSSR count). The SMILES string of the molecule is CN/N=C(/C#Cc1cncc(C(=O)N(C)CC(Cc2ccccc2)OC(C)=O)c1)C=N. The van der Waals surface area contributed by atoms with Crippen molar-refractivity contribution >= 4 is 23.8 Å². The normalized spacial score (nSPS) is 11.5. The quantitative estimate of drug-likeness (QED) is 0.294. The summed E-state index contributed by atoms with van der Waals surface area (Å²) in [5.74, 6) is 4.91. The smallest absolute Gasteiger partial charge is 0.302 e. The summed E-state index contributed by atoms with van der Waals surface area (Å²) in [6, 6.07) is 11.3. The minimum absolute atomic E-state index is 0.232. The molecule has 8 heteroatoms. The Morgan fingerprint density at radius 1 is 1.32 bits per heavy atom. The number of benzene rings is 1. The average molecular weight is 419 g/mol. The van der Waals surface area contributed by atoms with Crippen LogP contribution in [0, 0.1) is 17.3 Å². The van der Waals surface area contributed by atoms with Crippen molar-refractivity contribution in [2.75, 3.05) is 20.6 Å². The number of hydrogen-bond acceptors (Lipinski definition) is 7. The van der Waals surface area contributed by atoms with E-state index < -0.39 is 12.1 Å². The van der Waals surface area contributed by atoms with Gasteiger partial charge in [0.25, 0.3) is 5.91 Å². The number of amides is 1. The van der Waals surface area contributed by atoms with Crippen molar-refractivity contribution in [3.8, 4) is 11.8 Å². The van der Waals surface area contributed by atoms with Crippen LogP contribution >= 0.6 is 0 Å². The summed E-state index contributed by atoms with van der Waals surface area (Å²) < 4.78 is 5.42. The second-order valence-corrected chi connectivity index (χ2v) is 6.68. The first kappa shape index (κ1) is 23.3. The number of carbonyl (C=O) groups is 2. The molecule has 31 heavy (non-hydrogen) atoms. The van der Waals surface area contributed by atoms with E-state index in [2.05, 4.69) is 27.4 Å². The number of carbonyl (C=O) groups excluding carboxylic acids is 2. The zero-order chi connectivity index (χ0) is 22.6. The summed E-state index contributed by atoms with van der Waals surface area (Å²) in [6.07, 6.45) is 4.04. The van der Waals surface area contributed by atoms with E-state index in [1.165, 1.54) is 24.2 Å². The second-order valence-electron chi connectivity index (χ2n) is 6.68. The van der Waals surface area contributed by atoms with Crippen LogP contribution < -0.4 is 5.43 Å². The molecule has 1 aromatic heterocycles. The van der Waals surface area contributed by atoms with Crippen molar-refractivity contribution in [1.82, 2.24) is 15.3 Å². The lowest BCUT2D eigenvalue weighted by atomic mass is 10.1. The average Bonchev–Trinajstić information content (AvgIpc) is 2.76. The van der Waals surface area contributed by atoms with Gasteiger partial charge < -0.3 is 20.5 Å². The number of pyridine rings is 1. The zero-order valence-corrected chi connectivity index (χ0v) is 17.8. The van der Waals surface area contributed by atoms with E-state index >= 15 is 0 Å². The highest BCUT2D eigenvalue weighted by Crippen LogP contribution is 2.11. The fourth-order valence-corrected chi connectivity index (χ4v) is 2.84. The molecule has 160 valence electrons. The number of nitrogens with zero attached hydrogens (tertiary/aromatic N) is 3. The molecule has 1 unspecified atom stereocenters. The molecule has 1 amide bonds. The molecule has 8 nitrogen and oxygen atoms in total. The number of nitrogens with one attached hydrogen (secondary N) is 2. The molecule has 0 aliphatic carbocycles. The number of likely N-dealkylation sites (N-methyl/N-ethyl adjacent to an activating group) is 1. The lowest BCUT2D eigenvalue weighted by Crippen LogP contribution is -2.37. The van der Waals surface area contributed by atoms with Gasteiger partial charge >= 0.3 is 5.97 Å². The van der Waals surface area contributed by atoms with E-state index in [-0.39, 0.29) is 18.2 Å². The lowest BCUT2D eigenvalue weighted by molar-refractivity contribution is -0.146. The van der Waals surface area contributed by atoms with Crippen LogP contribution in [-0.2, 0) is 16.0 Å². The molecule has 0 saturated carbocycles. The highest BCUT2D eigenvalue weighted by molar-refractivity contribution is 6.37. The van der Waals surface area contributed by atoms with Crippen LogP contribution in [0.15, 0.2) is 53.9 Å². The Labute approximate surface area is 181 Å². The molecule has 0 radical (unpaired) electrons. The molecule has 2 N–H and O–H groups in total. The number of esters is 1. The number of hydrazone groups is 1. The summed E-state index contributed by atoms with van der Waals surface area (Å²) in [7, 11) is 3.26. The second kappa shape index (κ2) is 11.9. The predicted molar refractivity (Wildman–Crippen MR) is 119 cm³/mol. The Kier molecular flexibility index (Phi) is 8.92. The standard InChI is InChI=1S/C23H25N5O3/c1-17(29)31-22(12-18-7-5-4-6-8-18)16-28(3)23(30)20-11-19(14-26-15-20)9-10-21(13-24)27-25-2/h4-8,11,13-15,22,24-25H,12,16H2,1-3H3/b24-13?,27-21-. The topological polar surface area (TPSA) is 108 Å². The van der Waals surface area contributed by atoms with E-state index in [0.29, 0.717) is 17.5 Å². The van der Waals surface area contributed by atoms with Gasteiger partial charge in [-0.15, -0.1) is 0 Å². The maximum atomic E-state index is 12.9. The van der Waals surface area contributed by atoms with E-state index in [0.717, 1.165) is 11.8 Å². The highest BCUT2D eigenvalue weighted by Gasteiger charge is 2.20. The van der Waals surface area contributed by atoms with Crippen molar-refractivity contribution in [2.24, 2.45) is 5.10 Å². The van der Waals surface area contributed by atoms with Gasteiger partial charge in [-0.3, -0.25) is 14.6 Å². The molecule has 0 saturated heterocycles. The first-order chi connectivity index (χ1) is 14.9. The fourth-order valence-electron chi connectivity index (χ4n) is 2.84. The van der Waals surface area contributed by atoms with Crippen LogP contribution in [0.5, 0.6) is 0 Å². The molecule has 0 spiro atoms.